The Morgan fingerprint density at radius 3 is 2.78 bits per heavy atom. The minimum atomic E-state index is 0.369. The average Bonchev–Trinajstić information content (AvgIpc) is 2.98. The van der Waals surface area contributed by atoms with Crippen LogP contribution in [0.3, 0.4) is 0 Å². The molecule has 4 heteroatoms. The molecule has 0 saturated heterocycles. The van der Waals surface area contributed by atoms with Gasteiger partial charge in [-0.15, -0.1) is 0 Å². The van der Waals surface area contributed by atoms with Gasteiger partial charge in [-0.3, -0.25) is 0 Å². The normalized spacial score (nSPS) is 21.9. The van der Waals surface area contributed by atoms with Gasteiger partial charge >= 0.3 is 0 Å². The van der Waals surface area contributed by atoms with Gasteiger partial charge in [0.15, 0.2) is 0 Å². The quantitative estimate of drug-likeness (QED) is 0.901. The molecule has 2 N–H and O–H groups in total. The maximum atomic E-state index is 5.92. The molecule has 2 unspecified atom stereocenters. The second-order valence-electron chi connectivity index (χ2n) is 4.83. The lowest BCUT2D eigenvalue weighted by molar-refractivity contribution is 0.416. The number of hydrogen-bond acceptors (Lipinski definition) is 4. The standard InChI is InChI=1S/C14H16N2O2/c1-8-7-10(8)13-12(14(15)18-16-13)9-5-3-4-6-11(9)17-2/h3-6,8,10H,7,15H2,1-2H3. The minimum Gasteiger partial charge on any atom is -0.496 e. The molecular weight excluding hydrogens is 228 g/mol. The summed E-state index contributed by atoms with van der Waals surface area (Å²) in [4.78, 5) is 0. The van der Waals surface area contributed by atoms with Crippen LogP contribution in [0, 0.1) is 5.92 Å². The third-order valence-electron chi connectivity index (χ3n) is 3.58. The first kappa shape index (κ1) is 11.1. The summed E-state index contributed by atoms with van der Waals surface area (Å²) in [5.74, 6) is 2.28. The van der Waals surface area contributed by atoms with Crippen LogP contribution in [0.2, 0.25) is 0 Å². The molecule has 1 aliphatic carbocycles. The third kappa shape index (κ3) is 1.65. The molecular formula is C14H16N2O2. The molecule has 1 aromatic heterocycles. The fourth-order valence-electron chi connectivity index (χ4n) is 2.39. The summed E-state index contributed by atoms with van der Waals surface area (Å²) in [6.07, 6.45) is 1.15. The first-order valence-electron chi connectivity index (χ1n) is 6.10. The van der Waals surface area contributed by atoms with E-state index in [-0.39, 0.29) is 0 Å². The van der Waals surface area contributed by atoms with E-state index in [9.17, 15) is 0 Å². The Labute approximate surface area is 106 Å². The van der Waals surface area contributed by atoms with Gasteiger partial charge in [0.1, 0.15) is 5.75 Å². The van der Waals surface area contributed by atoms with Crippen LogP contribution >= 0.6 is 0 Å². The second-order valence-corrected chi connectivity index (χ2v) is 4.83. The predicted molar refractivity (Wildman–Crippen MR) is 69.4 cm³/mol. The predicted octanol–water partition coefficient (Wildman–Crippen LogP) is 3.06. The molecule has 3 rings (SSSR count). The average molecular weight is 244 g/mol. The number of para-hydroxylation sites is 1. The van der Waals surface area contributed by atoms with Gasteiger partial charge in [0.2, 0.25) is 5.88 Å². The Balaban J connectivity index is 2.13. The van der Waals surface area contributed by atoms with Gasteiger partial charge in [0.25, 0.3) is 0 Å². The zero-order valence-electron chi connectivity index (χ0n) is 10.5. The van der Waals surface area contributed by atoms with E-state index in [0.29, 0.717) is 17.7 Å². The van der Waals surface area contributed by atoms with Crippen molar-refractivity contribution in [2.45, 2.75) is 19.3 Å². The zero-order chi connectivity index (χ0) is 12.7. The van der Waals surface area contributed by atoms with E-state index in [2.05, 4.69) is 12.1 Å². The van der Waals surface area contributed by atoms with Gasteiger partial charge in [0, 0.05) is 11.5 Å². The maximum Gasteiger partial charge on any atom is 0.230 e. The lowest BCUT2D eigenvalue weighted by atomic mass is 10.0. The monoisotopic (exact) mass is 244 g/mol. The maximum absolute atomic E-state index is 5.92. The second kappa shape index (κ2) is 4.05. The number of methoxy groups -OCH3 is 1. The summed E-state index contributed by atoms with van der Waals surface area (Å²) in [5.41, 5.74) is 8.73. The van der Waals surface area contributed by atoms with E-state index in [1.807, 2.05) is 24.3 Å². The van der Waals surface area contributed by atoms with Crippen molar-refractivity contribution in [1.29, 1.82) is 0 Å². The van der Waals surface area contributed by atoms with E-state index < -0.39 is 0 Å². The van der Waals surface area contributed by atoms with E-state index in [1.54, 1.807) is 7.11 Å². The Hall–Kier alpha value is -1.97. The van der Waals surface area contributed by atoms with E-state index in [0.717, 1.165) is 29.0 Å². The number of ether oxygens (including phenoxy) is 1. The fraction of sp³-hybridized carbons (Fsp3) is 0.357. The smallest absolute Gasteiger partial charge is 0.230 e. The van der Waals surface area contributed by atoms with Crippen LogP contribution in [0.25, 0.3) is 11.1 Å². The molecule has 4 nitrogen and oxygen atoms in total. The van der Waals surface area contributed by atoms with Crippen LogP contribution in [0.4, 0.5) is 5.88 Å². The number of nitrogen functional groups attached to an aromatic ring is 1. The van der Waals surface area contributed by atoms with Crippen LogP contribution in [0.15, 0.2) is 28.8 Å². The lowest BCUT2D eigenvalue weighted by Gasteiger charge is -2.08. The topological polar surface area (TPSA) is 61.3 Å². The van der Waals surface area contributed by atoms with E-state index in [1.165, 1.54) is 0 Å². The van der Waals surface area contributed by atoms with Crippen LogP contribution < -0.4 is 10.5 Å². The molecule has 0 amide bonds. The molecule has 0 spiro atoms. The third-order valence-corrected chi connectivity index (χ3v) is 3.58. The number of aromatic nitrogens is 1. The molecule has 2 atom stereocenters. The van der Waals surface area contributed by atoms with Crippen molar-refractivity contribution in [3.63, 3.8) is 0 Å². The minimum absolute atomic E-state index is 0.369. The van der Waals surface area contributed by atoms with Crippen molar-refractivity contribution in [2.75, 3.05) is 12.8 Å². The van der Waals surface area contributed by atoms with Crippen molar-refractivity contribution < 1.29 is 9.26 Å². The molecule has 2 aromatic rings. The largest absolute Gasteiger partial charge is 0.496 e. The van der Waals surface area contributed by atoms with Gasteiger partial charge in [-0.2, -0.15) is 0 Å². The summed E-state index contributed by atoms with van der Waals surface area (Å²) in [6, 6.07) is 7.80. The number of anilines is 1. The van der Waals surface area contributed by atoms with Crippen LogP contribution in [0.5, 0.6) is 5.75 Å². The SMILES string of the molecule is COc1ccccc1-c1c(C2CC2C)noc1N. The first-order chi connectivity index (χ1) is 8.72. The molecule has 1 aromatic carbocycles. The molecule has 1 fully saturated rings. The molecule has 1 saturated carbocycles. The Morgan fingerprint density at radius 2 is 2.11 bits per heavy atom. The molecule has 0 radical (unpaired) electrons. The Kier molecular flexibility index (Phi) is 2.51. The highest BCUT2D eigenvalue weighted by Gasteiger charge is 2.39. The van der Waals surface area contributed by atoms with Crippen molar-refractivity contribution in [3.8, 4) is 16.9 Å². The summed E-state index contributed by atoms with van der Waals surface area (Å²) in [6.45, 7) is 2.21. The highest BCUT2D eigenvalue weighted by atomic mass is 16.5. The van der Waals surface area contributed by atoms with Crippen LogP contribution in [0.1, 0.15) is 25.0 Å². The zero-order valence-corrected chi connectivity index (χ0v) is 10.5. The summed E-state index contributed by atoms with van der Waals surface area (Å²) in [7, 11) is 1.65. The van der Waals surface area contributed by atoms with Crippen molar-refractivity contribution >= 4 is 5.88 Å². The van der Waals surface area contributed by atoms with Crippen molar-refractivity contribution in [2.24, 2.45) is 5.92 Å². The van der Waals surface area contributed by atoms with Crippen molar-refractivity contribution in [3.05, 3.63) is 30.0 Å². The highest BCUT2D eigenvalue weighted by molar-refractivity contribution is 5.80. The Bertz CT molecular complexity index is 577. The first-order valence-corrected chi connectivity index (χ1v) is 6.10. The number of nitrogens with zero attached hydrogens (tertiary/aromatic N) is 1. The fourth-order valence-corrected chi connectivity index (χ4v) is 2.39. The number of hydrogen-bond donors (Lipinski definition) is 1. The van der Waals surface area contributed by atoms with E-state index in [4.69, 9.17) is 15.0 Å². The van der Waals surface area contributed by atoms with Gasteiger partial charge in [-0.05, 0) is 18.4 Å². The van der Waals surface area contributed by atoms with Crippen LogP contribution in [-0.2, 0) is 0 Å². The molecule has 94 valence electrons. The Morgan fingerprint density at radius 1 is 1.39 bits per heavy atom. The van der Waals surface area contributed by atoms with Gasteiger partial charge in [-0.1, -0.05) is 30.3 Å². The summed E-state index contributed by atoms with van der Waals surface area (Å²) in [5, 5.41) is 4.12. The summed E-state index contributed by atoms with van der Waals surface area (Å²) < 4.78 is 10.6. The number of nitrogens with two attached hydrogens (primary N) is 1. The molecule has 0 aliphatic heterocycles. The summed E-state index contributed by atoms with van der Waals surface area (Å²) >= 11 is 0. The van der Waals surface area contributed by atoms with Gasteiger partial charge in [-0.25, -0.2) is 0 Å². The van der Waals surface area contributed by atoms with Gasteiger partial charge < -0.3 is 15.0 Å². The molecule has 18 heavy (non-hydrogen) atoms. The highest BCUT2D eigenvalue weighted by Crippen LogP contribution is 2.51. The van der Waals surface area contributed by atoms with Crippen molar-refractivity contribution in [1.82, 2.24) is 5.16 Å². The van der Waals surface area contributed by atoms with Crippen LogP contribution in [-0.4, -0.2) is 12.3 Å². The lowest BCUT2D eigenvalue weighted by Crippen LogP contribution is -1.93. The number of benzene rings is 1. The number of rotatable bonds is 3. The van der Waals surface area contributed by atoms with E-state index >= 15 is 0 Å². The molecule has 1 heterocycles. The van der Waals surface area contributed by atoms with Gasteiger partial charge in [0.05, 0.1) is 18.4 Å². The molecule has 0 bridgehead atoms. The molecule has 1 aliphatic rings.